The van der Waals surface area contributed by atoms with Crippen molar-refractivity contribution in [3.8, 4) is 11.5 Å². The number of benzene rings is 1. The number of hydrogen-bond donors (Lipinski definition) is 2. The molecule has 0 aliphatic heterocycles. The van der Waals surface area contributed by atoms with Crippen LogP contribution in [0.15, 0.2) is 41.1 Å². The van der Waals surface area contributed by atoms with Crippen LogP contribution >= 0.6 is 11.3 Å². The maximum absolute atomic E-state index is 9.99. The van der Waals surface area contributed by atoms with E-state index in [1.807, 2.05) is 24.3 Å². The summed E-state index contributed by atoms with van der Waals surface area (Å²) < 4.78 is 10.8. The molecule has 2 rings (SSSR count). The maximum atomic E-state index is 9.99. The zero-order valence-electron chi connectivity index (χ0n) is 12.3. The first kappa shape index (κ1) is 15.8. The van der Waals surface area contributed by atoms with E-state index in [0.29, 0.717) is 18.0 Å². The van der Waals surface area contributed by atoms with Gasteiger partial charge in [-0.1, -0.05) is 12.1 Å². The fourth-order valence-electron chi connectivity index (χ4n) is 1.93. The molecular formula is C16H21NO3S. The van der Waals surface area contributed by atoms with Gasteiger partial charge in [0.15, 0.2) is 11.5 Å². The van der Waals surface area contributed by atoms with E-state index < -0.39 is 6.10 Å². The Morgan fingerprint density at radius 3 is 2.67 bits per heavy atom. The van der Waals surface area contributed by atoms with Gasteiger partial charge >= 0.3 is 0 Å². The summed E-state index contributed by atoms with van der Waals surface area (Å²) in [6.07, 6.45) is -0.573. The third kappa shape index (κ3) is 4.74. The normalized spacial score (nSPS) is 13.7. The van der Waals surface area contributed by atoms with Gasteiger partial charge in [-0.3, -0.25) is 0 Å². The molecule has 21 heavy (non-hydrogen) atoms. The van der Waals surface area contributed by atoms with Crippen LogP contribution < -0.4 is 14.8 Å². The van der Waals surface area contributed by atoms with Crippen LogP contribution in [-0.2, 0) is 0 Å². The molecule has 0 bridgehead atoms. The van der Waals surface area contributed by atoms with E-state index in [4.69, 9.17) is 9.47 Å². The Balaban J connectivity index is 1.76. The molecule has 0 saturated carbocycles. The Kier molecular flexibility index (Phi) is 6.04. The quantitative estimate of drug-likeness (QED) is 0.787. The molecular weight excluding hydrogens is 286 g/mol. The zero-order chi connectivity index (χ0) is 15.1. The molecule has 0 radical (unpaired) electrons. The van der Waals surface area contributed by atoms with Gasteiger partial charge in [0.2, 0.25) is 0 Å². The fraction of sp³-hybridized carbons (Fsp3) is 0.375. The number of nitrogens with one attached hydrogen (secondary N) is 1. The molecule has 2 unspecified atom stereocenters. The highest BCUT2D eigenvalue weighted by Gasteiger charge is 2.11. The van der Waals surface area contributed by atoms with Gasteiger partial charge in [-0.2, -0.15) is 11.3 Å². The average Bonchev–Trinajstić information content (AvgIpc) is 3.05. The number of methoxy groups -OCH3 is 1. The van der Waals surface area contributed by atoms with E-state index in [1.165, 1.54) is 5.56 Å². The van der Waals surface area contributed by atoms with Crippen molar-refractivity contribution in [3.63, 3.8) is 0 Å². The summed E-state index contributed by atoms with van der Waals surface area (Å²) in [7, 11) is 1.60. The summed E-state index contributed by atoms with van der Waals surface area (Å²) in [5, 5.41) is 17.4. The van der Waals surface area contributed by atoms with Gasteiger partial charge in [-0.05, 0) is 41.4 Å². The highest BCUT2D eigenvalue weighted by atomic mass is 32.1. The highest BCUT2D eigenvalue weighted by molar-refractivity contribution is 7.07. The Hall–Kier alpha value is -1.56. The molecule has 1 aromatic heterocycles. The largest absolute Gasteiger partial charge is 0.493 e. The third-order valence-electron chi connectivity index (χ3n) is 3.20. The number of thiophene rings is 1. The first-order valence-electron chi connectivity index (χ1n) is 6.90. The molecule has 2 N–H and O–H groups in total. The van der Waals surface area contributed by atoms with Crippen molar-refractivity contribution in [3.05, 3.63) is 46.7 Å². The number of aliphatic hydroxyl groups excluding tert-OH is 1. The summed E-state index contributed by atoms with van der Waals surface area (Å²) in [6, 6.07) is 9.72. The Labute approximate surface area is 129 Å². The summed E-state index contributed by atoms with van der Waals surface area (Å²) >= 11 is 1.67. The monoisotopic (exact) mass is 307 g/mol. The summed E-state index contributed by atoms with van der Waals surface area (Å²) in [5.74, 6) is 1.31. The predicted molar refractivity (Wildman–Crippen MR) is 85.2 cm³/mol. The van der Waals surface area contributed by atoms with Gasteiger partial charge < -0.3 is 19.9 Å². The van der Waals surface area contributed by atoms with E-state index in [0.717, 1.165) is 0 Å². The molecule has 0 amide bonds. The van der Waals surface area contributed by atoms with Crippen LogP contribution in [0.4, 0.5) is 0 Å². The van der Waals surface area contributed by atoms with Gasteiger partial charge in [0, 0.05) is 12.6 Å². The SMILES string of the molecule is COc1ccccc1OCC(O)CNC(C)c1ccsc1. The minimum absolute atomic E-state index is 0.220. The Bertz CT molecular complexity index is 530. The second-order valence-corrected chi connectivity index (χ2v) is 5.58. The molecule has 4 nitrogen and oxygen atoms in total. The molecule has 0 saturated heterocycles. The molecule has 0 fully saturated rings. The van der Waals surface area contributed by atoms with Crippen molar-refractivity contribution in [2.45, 2.75) is 19.1 Å². The predicted octanol–water partition coefficient (Wildman–Crippen LogP) is 2.85. The highest BCUT2D eigenvalue weighted by Crippen LogP contribution is 2.25. The summed E-state index contributed by atoms with van der Waals surface area (Å²) in [6.45, 7) is 2.78. The van der Waals surface area contributed by atoms with Crippen molar-refractivity contribution >= 4 is 11.3 Å². The smallest absolute Gasteiger partial charge is 0.161 e. The lowest BCUT2D eigenvalue weighted by Crippen LogP contribution is -2.32. The van der Waals surface area contributed by atoms with Crippen molar-refractivity contribution in [1.82, 2.24) is 5.32 Å². The summed E-state index contributed by atoms with van der Waals surface area (Å²) in [5.41, 5.74) is 1.23. The fourth-order valence-corrected chi connectivity index (χ4v) is 2.69. The van der Waals surface area contributed by atoms with E-state index in [2.05, 4.69) is 29.1 Å². The molecule has 114 valence electrons. The first-order chi connectivity index (χ1) is 10.2. The van der Waals surface area contributed by atoms with E-state index in [-0.39, 0.29) is 12.6 Å². The number of ether oxygens (including phenoxy) is 2. The zero-order valence-corrected chi connectivity index (χ0v) is 13.1. The number of para-hydroxylation sites is 2. The van der Waals surface area contributed by atoms with Crippen LogP contribution in [0, 0.1) is 0 Å². The molecule has 2 atom stereocenters. The first-order valence-corrected chi connectivity index (χ1v) is 7.84. The minimum Gasteiger partial charge on any atom is -0.493 e. The van der Waals surface area contributed by atoms with Gasteiger partial charge in [0.25, 0.3) is 0 Å². The van der Waals surface area contributed by atoms with Crippen LogP contribution in [0.2, 0.25) is 0 Å². The molecule has 0 aliphatic rings. The van der Waals surface area contributed by atoms with Gasteiger partial charge in [-0.25, -0.2) is 0 Å². The molecule has 0 aliphatic carbocycles. The maximum Gasteiger partial charge on any atom is 0.161 e. The van der Waals surface area contributed by atoms with Crippen LogP contribution in [0.3, 0.4) is 0 Å². The molecule has 2 aromatic rings. The molecule has 5 heteroatoms. The second-order valence-electron chi connectivity index (χ2n) is 4.80. The van der Waals surface area contributed by atoms with Crippen LogP contribution in [-0.4, -0.2) is 31.5 Å². The van der Waals surface area contributed by atoms with Crippen LogP contribution in [0.1, 0.15) is 18.5 Å². The lowest BCUT2D eigenvalue weighted by Gasteiger charge is -2.17. The lowest BCUT2D eigenvalue weighted by atomic mass is 10.2. The van der Waals surface area contributed by atoms with Gasteiger partial charge in [0.1, 0.15) is 12.7 Å². The number of aliphatic hydroxyl groups is 1. The van der Waals surface area contributed by atoms with Crippen molar-refractivity contribution in [1.29, 1.82) is 0 Å². The van der Waals surface area contributed by atoms with E-state index >= 15 is 0 Å². The van der Waals surface area contributed by atoms with Gasteiger partial charge in [0.05, 0.1) is 7.11 Å². The minimum atomic E-state index is -0.573. The van der Waals surface area contributed by atoms with Gasteiger partial charge in [-0.15, -0.1) is 0 Å². The lowest BCUT2D eigenvalue weighted by molar-refractivity contribution is 0.102. The van der Waals surface area contributed by atoms with E-state index in [1.54, 1.807) is 18.4 Å². The molecule has 1 heterocycles. The molecule has 1 aromatic carbocycles. The molecule has 0 spiro atoms. The standard InChI is InChI=1S/C16H21NO3S/c1-12(13-7-8-21-11-13)17-9-14(18)10-20-16-6-4-3-5-15(16)19-2/h3-8,11-12,14,17-18H,9-10H2,1-2H3. The summed E-state index contributed by atoms with van der Waals surface area (Å²) in [4.78, 5) is 0. The number of hydrogen-bond acceptors (Lipinski definition) is 5. The van der Waals surface area contributed by atoms with Crippen LogP contribution in [0.25, 0.3) is 0 Å². The number of rotatable bonds is 8. The van der Waals surface area contributed by atoms with Crippen molar-refractivity contribution in [2.75, 3.05) is 20.3 Å². The topological polar surface area (TPSA) is 50.7 Å². The van der Waals surface area contributed by atoms with Crippen molar-refractivity contribution < 1.29 is 14.6 Å². The second kappa shape index (κ2) is 8.02. The van der Waals surface area contributed by atoms with E-state index in [9.17, 15) is 5.11 Å². The van der Waals surface area contributed by atoms with Crippen molar-refractivity contribution in [2.24, 2.45) is 0 Å². The average molecular weight is 307 g/mol. The Morgan fingerprint density at radius 2 is 2.00 bits per heavy atom. The third-order valence-corrected chi connectivity index (χ3v) is 3.90. The Morgan fingerprint density at radius 1 is 1.24 bits per heavy atom. The van der Waals surface area contributed by atoms with Crippen LogP contribution in [0.5, 0.6) is 11.5 Å².